The standard InChI is InChI=1S/C6H12O4S/c7-5-1-3-11(9,10)4-2-6(5)8/h5-8H,1-4H2/t5-,6-/m1/s1. The van der Waals surface area contributed by atoms with Crippen molar-refractivity contribution in [1.82, 2.24) is 0 Å². The van der Waals surface area contributed by atoms with Crippen LogP contribution in [-0.4, -0.2) is 42.3 Å². The molecule has 0 aromatic heterocycles. The normalized spacial score (nSPS) is 38.0. The highest BCUT2D eigenvalue weighted by Gasteiger charge is 2.25. The van der Waals surface area contributed by atoms with Crippen LogP contribution in [0.5, 0.6) is 0 Å². The van der Waals surface area contributed by atoms with Gasteiger partial charge in [0.15, 0.2) is 9.84 Å². The molecule has 1 aliphatic heterocycles. The molecule has 1 saturated heterocycles. The van der Waals surface area contributed by atoms with E-state index in [0.717, 1.165) is 0 Å². The van der Waals surface area contributed by atoms with Crippen molar-refractivity contribution in [2.24, 2.45) is 0 Å². The SMILES string of the molecule is O=S1(=O)CC[C@@H](O)[C@H](O)CC1. The van der Waals surface area contributed by atoms with Crippen molar-refractivity contribution in [3.05, 3.63) is 0 Å². The van der Waals surface area contributed by atoms with Crippen LogP contribution in [0.3, 0.4) is 0 Å². The number of aliphatic hydroxyl groups is 2. The van der Waals surface area contributed by atoms with Crippen LogP contribution in [0.1, 0.15) is 12.8 Å². The molecule has 0 saturated carbocycles. The van der Waals surface area contributed by atoms with E-state index in [4.69, 9.17) is 10.2 Å². The Morgan fingerprint density at radius 3 is 1.73 bits per heavy atom. The van der Waals surface area contributed by atoms with Gasteiger partial charge in [-0.3, -0.25) is 0 Å². The monoisotopic (exact) mass is 180 g/mol. The van der Waals surface area contributed by atoms with E-state index in [-0.39, 0.29) is 24.3 Å². The zero-order valence-corrected chi connectivity index (χ0v) is 6.92. The average Bonchev–Trinajstić information content (AvgIpc) is 2.03. The maximum absolute atomic E-state index is 10.9. The van der Waals surface area contributed by atoms with Crippen LogP contribution in [0.2, 0.25) is 0 Å². The Kier molecular flexibility index (Phi) is 2.51. The third kappa shape index (κ3) is 2.43. The predicted molar refractivity (Wildman–Crippen MR) is 39.9 cm³/mol. The van der Waals surface area contributed by atoms with E-state index in [1.165, 1.54) is 0 Å². The molecule has 1 rings (SSSR count). The Labute approximate surface area is 65.8 Å². The highest BCUT2D eigenvalue weighted by Crippen LogP contribution is 2.12. The second-order valence-corrected chi connectivity index (χ2v) is 5.17. The van der Waals surface area contributed by atoms with Crippen LogP contribution in [-0.2, 0) is 9.84 Å². The average molecular weight is 180 g/mol. The molecule has 0 amide bonds. The molecule has 1 heterocycles. The zero-order valence-electron chi connectivity index (χ0n) is 6.10. The van der Waals surface area contributed by atoms with Crippen LogP contribution in [0, 0.1) is 0 Å². The Hall–Kier alpha value is -0.130. The third-order valence-electron chi connectivity index (χ3n) is 1.89. The number of sulfone groups is 1. The first kappa shape index (κ1) is 8.96. The van der Waals surface area contributed by atoms with Gasteiger partial charge >= 0.3 is 0 Å². The first-order valence-corrected chi connectivity index (χ1v) is 5.40. The Balaban J connectivity index is 2.66. The molecule has 11 heavy (non-hydrogen) atoms. The molecule has 5 heteroatoms. The number of hydrogen-bond donors (Lipinski definition) is 2. The molecule has 4 nitrogen and oxygen atoms in total. The second kappa shape index (κ2) is 3.08. The predicted octanol–water partition coefficient (Wildman–Crippen LogP) is -1.08. The summed E-state index contributed by atoms with van der Waals surface area (Å²) < 4.78 is 21.9. The molecule has 0 aliphatic carbocycles. The lowest BCUT2D eigenvalue weighted by Crippen LogP contribution is -2.24. The van der Waals surface area contributed by atoms with Gasteiger partial charge in [-0.05, 0) is 12.8 Å². The van der Waals surface area contributed by atoms with Gasteiger partial charge in [0.2, 0.25) is 0 Å². The van der Waals surface area contributed by atoms with Crippen LogP contribution in [0.4, 0.5) is 0 Å². The highest BCUT2D eigenvalue weighted by molar-refractivity contribution is 7.91. The topological polar surface area (TPSA) is 74.6 Å². The summed E-state index contributed by atoms with van der Waals surface area (Å²) in [6.45, 7) is 0. The van der Waals surface area contributed by atoms with Crippen molar-refractivity contribution >= 4 is 9.84 Å². The van der Waals surface area contributed by atoms with Crippen molar-refractivity contribution in [3.63, 3.8) is 0 Å². The van der Waals surface area contributed by atoms with Crippen LogP contribution in [0.25, 0.3) is 0 Å². The van der Waals surface area contributed by atoms with Gasteiger partial charge in [0.1, 0.15) is 0 Å². The van der Waals surface area contributed by atoms with Gasteiger partial charge in [-0.1, -0.05) is 0 Å². The summed E-state index contributed by atoms with van der Waals surface area (Å²) in [4.78, 5) is 0. The Morgan fingerprint density at radius 1 is 1.00 bits per heavy atom. The molecule has 0 aromatic rings. The Morgan fingerprint density at radius 2 is 1.36 bits per heavy atom. The number of aliphatic hydroxyl groups excluding tert-OH is 2. The van der Waals surface area contributed by atoms with Crippen LogP contribution in [0.15, 0.2) is 0 Å². The van der Waals surface area contributed by atoms with Crippen molar-refractivity contribution in [2.45, 2.75) is 25.0 Å². The molecule has 1 aliphatic rings. The third-order valence-corrected chi connectivity index (χ3v) is 3.61. The largest absolute Gasteiger partial charge is 0.390 e. The van der Waals surface area contributed by atoms with Gasteiger partial charge in [0.05, 0.1) is 23.7 Å². The molecular weight excluding hydrogens is 168 g/mol. The van der Waals surface area contributed by atoms with E-state index >= 15 is 0 Å². The van der Waals surface area contributed by atoms with Crippen molar-refractivity contribution in [3.8, 4) is 0 Å². The van der Waals surface area contributed by atoms with Crippen molar-refractivity contribution < 1.29 is 18.6 Å². The van der Waals surface area contributed by atoms with Gasteiger partial charge < -0.3 is 10.2 Å². The summed E-state index contributed by atoms with van der Waals surface area (Å²) in [6.07, 6.45) is -1.42. The molecular formula is C6H12O4S. The summed E-state index contributed by atoms with van der Waals surface area (Å²) in [5.74, 6) is -0.0174. The summed E-state index contributed by atoms with van der Waals surface area (Å²) >= 11 is 0. The smallest absolute Gasteiger partial charge is 0.150 e. The lowest BCUT2D eigenvalue weighted by molar-refractivity contribution is 0.0187. The first-order chi connectivity index (χ1) is 5.01. The van der Waals surface area contributed by atoms with Crippen molar-refractivity contribution in [1.29, 1.82) is 0 Å². The van der Waals surface area contributed by atoms with Gasteiger partial charge in [-0.2, -0.15) is 0 Å². The van der Waals surface area contributed by atoms with E-state index in [0.29, 0.717) is 0 Å². The Bertz CT molecular complexity index is 203. The summed E-state index contributed by atoms with van der Waals surface area (Å²) in [5, 5.41) is 18.2. The zero-order chi connectivity index (χ0) is 8.48. The maximum atomic E-state index is 10.9. The summed E-state index contributed by atoms with van der Waals surface area (Å²) in [7, 11) is -3.01. The lowest BCUT2D eigenvalue weighted by Gasteiger charge is -2.11. The number of rotatable bonds is 0. The summed E-state index contributed by atoms with van der Waals surface area (Å²) in [5.41, 5.74) is 0. The van der Waals surface area contributed by atoms with Crippen molar-refractivity contribution in [2.75, 3.05) is 11.5 Å². The number of hydrogen-bond acceptors (Lipinski definition) is 4. The second-order valence-electron chi connectivity index (χ2n) is 2.86. The van der Waals surface area contributed by atoms with Gasteiger partial charge in [-0.25, -0.2) is 8.42 Å². The maximum Gasteiger partial charge on any atom is 0.150 e. The fraction of sp³-hybridized carbons (Fsp3) is 1.00. The molecule has 0 spiro atoms. The molecule has 0 aromatic carbocycles. The first-order valence-electron chi connectivity index (χ1n) is 3.58. The van der Waals surface area contributed by atoms with E-state index in [1.807, 2.05) is 0 Å². The molecule has 1 fully saturated rings. The highest BCUT2D eigenvalue weighted by atomic mass is 32.2. The molecule has 0 unspecified atom stereocenters. The minimum atomic E-state index is -3.01. The minimum absolute atomic E-state index is 0.00870. The van der Waals surface area contributed by atoms with E-state index in [9.17, 15) is 8.42 Å². The molecule has 2 N–H and O–H groups in total. The molecule has 0 radical (unpaired) electrons. The fourth-order valence-corrected chi connectivity index (χ4v) is 2.49. The summed E-state index contributed by atoms with van der Waals surface area (Å²) in [6, 6.07) is 0. The van der Waals surface area contributed by atoms with Gasteiger partial charge in [0, 0.05) is 0 Å². The van der Waals surface area contributed by atoms with E-state index in [2.05, 4.69) is 0 Å². The van der Waals surface area contributed by atoms with Crippen LogP contribution < -0.4 is 0 Å². The molecule has 2 atom stereocenters. The van der Waals surface area contributed by atoms with Gasteiger partial charge in [-0.15, -0.1) is 0 Å². The minimum Gasteiger partial charge on any atom is -0.390 e. The fourth-order valence-electron chi connectivity index (χ4n) is 1.09. The van der Waals surface area contributed by atoms with E-state index in [1.54, 1.807) is 0 Å². The molecule has 0 bridgehead atoms. The quantitative estimate of drug-likeness (QED) is 0.497. The van der Waals surface area contributed by atoms with Gasteiger partial charge in [0.25, 0.3) is 0 Å². The lowest BCUT2D eigenvalue weighted by atomic mass is 10.1. The van der Waals surface area contributed by atoms with E-state index < -0.39 is 22.0 Å². The molecule has 66 valence electrons. The van der Waals surface area contributed by atoms with Crippen LogP contribution >= 0.6 is 0 Å².